The van der Waals surface area contributed by atoms with Crippen molar-refractivity contribution in [3.8, 4) is 5.75 Å². The van der Waals surface area contributed by atoms with Gasteiger partial charge in [0.2, 0.25) is 6.10 Å². The van der Waals surface area contributed by atoms with Crippen LogP contribution in [0.4, 0.5) is 0 Å². The van der Waals surface area contributed by atoms with Crippen LogP contribution >= 0.6 is 0 Å². The van der Waals surface area contributed by atoms with Crippen LogP contribution in [0.25, 0.3) is 0 Å². The fourth-order valence-corrected chi connectivity index (χ4v) is 2.28. The number of hydrogen-bond donors (Lipinski definition) is 0. The van der Waals surface area contributed by atoms with Gasteiger partial charge in [0.1, 0.15) is 11.3 Å². The Bertz CT molecular complexity index is 725. The molecule has 2 aromatic rings. The number of carbonyl (C=O) groups is 2. The minimum Gasteiger partial charge on any atom is -0.496 e. The summed E-state index contributed by atoms with van der Waals surface area (Å²) < 4.78 is 10.8. The van der Waals surface area contributed by atoms with Gasteiger partial charge in [0, 0.05) is 19.7 Å². The van der Waals surface area contributed by atoms with Gasteiger partial charge in [-0.25, -0.2) is 4.79 Å². The molecule has 0 aromatic heterocycles. The van der Waals surface area contributed by atoms with E-state index in [1.54, 1.807) is 50.5 Å². The second-order valence-electron chi connectivity index (χ2n) is 5.63. The van der Waals surface area contributed by atoms with Crippen molar-refractivity contribution in [2.24, 2.45) is 0 Å². The van der Waals surface area contributed by atoms with Crippen molar-refractivity contribution in [3.05, 3.63) is 65.2 Å². The van der Waals surface area contributed by atoms with Crippen molar-refractivity contribution in [2.45, 2.75) is 13.0 Å². The summed E-state index contributed by atoms with van der Waals surface area (Å²) in [5.74, 6) is -0.490. The van der Waals surface area contributed by atoms with Gasteiger partial charge in [-0.15, -0.1) is 0 Å². The third-order valence-electron chi connectivity index (χ3n) is 3.57. The van der Waals surface area contributed by atoms with Crippen molar-refractivity contribution < 1.29 is 19.1 Å². The Labute approximate surface area is 141 Å². The smallest absolute Gasteiger partial charge is 0.343 e. The van der Waals surface area contributed by atoms with Crippen LogP contribution < -0.4 is 4.74 Å². The molecular formula is C19H21NO4. The highest BCUT2D eigenvalue weighted by Crippen LogP contribution is 2.25. The van der Waals surface area contributed by atoms with E-state index in [9.17, 15) is 9.59 Å². The Morgan fingerprint density at radius 3 is 2.29 bits per heavy atom. The van der Waals surface area contributed by atoms with Crippen LogP contribution in [0.5, 0.6) is 5.75 Å². The molecule has 2 rings (SSSR count). The van der Waals surface area contributed by atoms with E-state index in [1.165, 1.54) is 12.0 Å². The molecule has 0 heterocycles. The van der Waals surface area contributed by atoms with Gasteiger partial charge in [-0.2, -0.15) is 0 Å². The Balaban J connectivity index is 2.35. The number of ether oxygens (including phenoxy) is 2. The van der Waals surface area contributed by atoms with E-state index in [0.29, 0.717) is 16.9 Å². The SMILES string of the molecule is COc1ccc(C)cc1C(=O)O[C@H](C(=O)N(C)C)c1ccccc1. The number of hydrogen-bond acceptors (Lipinski definition) is 4. The molecule has 0 radical (unpaired) electrons. The Kier molecular flexibility index (Phi) is 5.58. The minimum atomic E-state index is -1.00. The van der Waals surface area contributed by atoms with Gasteiger partial charge in [0.15, 0.2) is 0 Å². The van der Waals surface area contributed by atoms with Crippen molar-refractivity contribution in [3.63, 3.8) is 0 Å². The lowest BCUT2D eigenvalue weighted by atomic mass is 10.1. The van der Waals surface area contributed by atoms with E-state index in [2.05, 4.69) is 0 Å². The Hall–Kier alpha value is -2.82. The summed E-state index contributed by atoms with van der Waals surface area (Å²) in [6.07, 6.45) is -1.00. The fourth-order valence-electron chi connectivity index (χ4n) is 2.28. The molecule has 1 amide bonds. The molecule has 0 saturated heterocycles. The minimum absolute atomic E-state index is 0.296. The quantitative estimate of drug-likeness (QED) is 0.792. The number of aryl methyl sites for hydroxylation is 1. The number of methoxy groups -OCH3 is 1. The van der Waals surface area contributed by atoms with Gasteiger partial charge in [-0.05, 0) is 19.1 Å². The van der Waals surface area contributed by atoms with E-state index >= 15 is 0 Å². The molecule has 0 spiro atoms. The normalized spacial score (nSPS) is 11.5. The maximum Gasteiger partial charge on any atom is 0.343 e. The zero-order valence-electron chi connectivity index (χ0n) is 14.3. The second-order valence-corrected chi connectivity index (χ2v) is 5.63. The topological polar surface area (TPSA) is 55.8 Å². The first-order valence-electron chi connectivity index (χ1n) is 7.55. The lowest BCUT2D eigenvalue weighted by Gasteiger charge is -2.21. The number of carbonyl (C=O) groups excluding carboxylic acids is 2. The molecular weight excluding hydrogens is 306 g/mol. The zero-order valence-corrected chi connectivity index (χ0v) is 14.3. The molecule has 0 aliphatic heterocycles. The fraction of sp³-hybridized carbons (Fsp3) is 0.263. The van der Waals surface area contributed by atoms with Gasteiger partial charge in [0.25, 0.3) is 5.91 Å². The molecule has 5 nitrogen and oxygen atoms in total. The Morgan fingerprint density at radius 1 is 1.04 bits per heavy atom. The molecule has 0 N–H and O–H groups in total. The molecule has 5 heteroatoms. The van der Waals surface area contributed by atoms with Gasteiger partial charge in [0.05, 0.1) is 7.11 Å². The van der Waals surface area contributed by atoms with Crippen molar-refractivity contribution in [1.29, 1.82) is 0 Å². The van der Waals surface area contributed by atoms with E-state index in [0.717, 1.165) is 5.56 Å². The first-order valence-corrected chi connectivity index (χ1v) is 7.55. The summed E-state index contributed by atoms with van der Waals surface area (Å²) in [6, 6.07) is 14.2. The molecule has 0 bridgehead atoms. The zero-order chi connectivity index (χ0) is 17.7. The number of esters is 1. The third kappa shape index (κ3) is 3.93. The van der Waals surface area contributed by atoms with Gasteiger partial charge in [-0.3, -0.25) is 4.79 Å². The molecule has 24 heavy (non-hydrogen) atoms. The van der Waals surface area contributed by atoms with Crippen LogP contribution in [0.3, 0.4) is 0 Å². The maximum atomic E-state index is 12.6. The average Bonchev–Trinajstić information content (AvgIpc) is 2.59. The predicted octanol–water partition coefficient (Wildman–Crippen LogP) is 2.99. The molecule has 0 aliphatic rings. The van der Waals surface area contributed by atoms with Crippen LogP contribution in [0.1, 0.15) is 27.6 Å². The maximum absolute atomic E-state index is 12.6. The largest absolute Gasteiger partial charge is 0.496 e. The van der Waals surface area contributed by atoms with Crippen molar-refractivity contribution in [1.82, 2.24) is 4.90 Å². The second kappa shape index (κ2) is 7.64. The van der Waals surface area contributed by atoms with E-state index < -0.39 is 12.1 Å². The van der Waals surface area contributed by atoms with Crippen molar-refractivity contribution >= 4 is 11.9 Å². The standard InChI is InChI=1S/C19H21NO4/c1-13-10-11-16(23-4)15(12-13)19(22)24-17(18(21)20(2)3)14-8-6-5-7-9-14/h5-12,17H,1-4H3/t17-/m0/s1. The summed E-state index contributed by atoms with van der Waals surface area (Å²) in [4.78, 5) is 26.5. The molecule has 0 unspecified atom stereocenters. The monoisotopic (exact) mass is 327 g/mol. The third-order valence-corrected chi connectivity index (χ3v) is 3.57. The summed E-state index contributed by atoms with van der Waals surface area (Å²) in [7, 11) is 4.74. The number of nitrogens with zero attached hydrogens (tertiary/aromatic N) is 1. The highest BCUT2D eigenvalue weighted by Gasteiger charge is 2.28. The predicted molar refractivity (Wildman–Crippen MR) is 91.0 cm³/mol. The van der Waals surface area contributed by atoms with E-state index in [1.807, 2.05) is 19.1 Å². The number of benzene rings is 2. The average molecular weight is 327 g/mol. The Morgan fingerprint density at radius 2 is 1.71 bits per heavy atom. The van der Waals surface area contributed by atoms with Crippen LogP contribution in [0.15, 0.2) is 48.5 Å². The van der Waals surface area contributed by atoms with Crippen LogP contribution in [-0.4, -0.2) is 38.0 Å². The van der Waals surface area contributed by atoms with Crippen LogP contribution in [0.2, 0.25) is 0 Å². The van der Waals surface area contributed by atoms with Crippen LogP contribution in [0, 0.1) is 6.92 Å². The number of amides is 1. The molecule has 0 saturated carbocycles. The summed E-state index contributed by atoms with van der Waals surface area (Å²) in [5, 5.41) is 0. The lowest BCUT2D eigenvalue weighted by molar-refractivity contribution is -0.138. The van der Waals surface area contributed by atoms with Crippen molar-refractivity contribution in [2.75, 3.05) is 21.2 Å². The summed E-state index contributed by atoms with van der Waals surface area (Å²) in [5.41, 5.74) is 1.82. The van der Waals surface area contributed by atoms with Crippen LogP contribution in [-0.2, 0) is 9.53 Å². The molecule has 2 aromatic carbocycles. The van der Waals surface area contributed by atoms with Gasteiger partial charge < -0.3 is 14.4 Å². The first-order chi connectivity index (χ1) is 11.4. The number of rotatable bonds is 5. The first kappa shape index (κ1) is 17.5. The van der Waals surface area contributed by atoms with Gasteiger partial charge >= 0.3 is 5.97 Å². The number of likely N-dealkylation sites (N-methyl/N-ethyl adjacent to an activating group) is 1. The molecule has 0 fully saturated rings. The highest BCUT2D eigenvalue weighted by atomic mass is 16.6. The van der Waals surface area contributed by atoms with Gasteiger partial charge in [-0.1, -0.05) is 42.0 Å². The van der Waals surface area contributed by atoms with E-state index in [4.69, 9.17) is 9.47 Å². The lowest BCUT2D eigenvalue weighted by Crippen LogP contribution is -2.31. The van der Waals surface area contributed by atoms with E-state index in [-0.39, 0.29) is 5.91 Å². The summed E-state index contributed by atoms with van der Waals surface area (Å²) >= 11 is 0. The molecule has 126 valence electrons. The highest BCUT2D eigenvalue weighted by molar-refractivity contribution is 5.95. The molecule has 0 aliphatic carbocycles. The molecule has 1 atom stereocenters. The summed E-state index contributed by atoms with van der Waals surface area (Å²) in [6.45, 7) is 1.87.